The van der Waals surface area contributed by atoms with E-state index in [-0.39, 0.29) is 5.78 Å². The third-order valence-corrected chi connectivity index (χ3v) is 3.63. The van der Waals surface area contributed by atoms with Crippen molar-refractivity contribution in [2.24, 2.45) is 0 Å². The number of hydrogen-bond donors (Lipinski definition) is 2. The maximum absolute atomic E-state index is 12.4. The highest BCUT2D eigenvalue weighted by Gasteiger charge is 2.29. The number of carbonyl (C=O) groups excluding carboxylic acids is 1. The highest BCUT2D eigenvalue weighted by molar-refractivity contribution is 6.19. The van der Waals surface area contributed by atoms with Gasteiger partial charge in [0.25, 0.3) is 0 Å². The summed E-state index contributed by atoms with van der Waals surface area (Å²) < 4.78 is 0. The molecule has 19 heavy (non-hydrogen) atoms. The second-order valence-electron chi connectivity index (χ2n) is 4.81. The van der Waals surface area contributed by atoms with Crippen LogP contribution in [0.5, 0.6) is 0 Å². The lowest BCUT2D eigenvalue weighted by Crippen LogP contribution is -2.09. The van der Waals surface area contributed by atoms with Crippen LogP contribution in [0, 0.1) is 0 Å². The molecule has 0 atom stereocenters. The molecule has 3 heteroatoms. The van der Waals surface area contributed by atoms with Gasteiger partial charge in [0.05, 0.1) is 0 Å². The van der Waals surface area contributed by atoms with Crippen LogP contribution in [-0.4, -0.2) is 5.78 Å². The van der Waals surface area contributed by atoms with Crippen molar-refractivity contribution in [1.29, 1.82) is 0 Å². The molecule has 0 unspecified atom stereocenters. The first kappa shape index (κ1) is 10.4. The molecule has 2 N–H and O–H groups in total. The van der Waals surface area contributed by atoms with E-state index in [2.05, 4.69) is 16.7 Å². The summed E-state index contributed by atoms with van der Waals surface area (Å²) in [5.74, 6) is 0.0749. The normalized spacial score (nSPS) is 19.7. The quantitative estimate of drug-likeness (QED) is 0.703. The predicted octanol–water partition coefficient (Wildman–Crippen LogP) is 3.17. The van der Waals surface area contributed by atoms with Gasteiger partial charge < -0.3 is 10.6 Å². The van der Waals surface area contributed by atoms with E-state index in [0.29, 0.717) is 5.70 Å². The Balaban J connectivity index is 1.77. The van der Waals surface area contributed by atoms with Gasteiger partial charge >= 0.3 is 0 Å². The van der Waals surface area contributed by atoms with Gasteiger partial charge in [-0.15, -0.1) is 0 Å². The summed E-state index contributed by atoms with van der Waals surface area (Å²) in [6, 6.07) is 15.8. The Morgan fingerprint density at radius 2 is 1.58 bits per heavy atom. The lowest BCUT2D eigenvalue weighted by atomic mass is 10.1. The average Bonchev–Trinajstić information content (AvgIpc) is 3.00. The van der Waals surface area contributed by atoms with Crippen molar-refractivity contribution in [2.45, 2.75) is 6.42 Å². The molecule has 0 spiro atoms. The number of Topliss-reactive ketones (excluding diaryl/α,β-unsaturated/α-hetero) is 1. The Morgan fingerprint density at radius 3 is 2.37 bits per heavy atom. The van der Waals surface area contributed by atoms with Gasteiger partial charge in [-0.1, -0.05) is 30.3 Å². The molecule has 2 aromatic carbocycles. The number of allylic oxidation sites excluding steroid dienone is 2. The number of anilines is 2. The number of hydrogen-bond acceptors (Lipinski definition) is 3. The van der Waals surface area contributed by atoms with E-state index in [1.54, 1.807) is 0 Å². The number of rotatable bonds is 0. The van der Waals surface area contributed by atoms with Gasteiger partial charge in [-0.2, -0.15) is 0 Å². The summed E-state index contributed by atoms with van der Waals surface area (Å²) in [6.45, 7) is 0. The van der Waals surface area contributed by atoms with Crippen LogP contribution in [0.1, 0.15) is 15.9 Å². The van der Waals surface area contributed by atoms with Crippen molar-refractivity contribution >= 4 is 17.2 Å². The molecular weight excluding hydrogens is 236 g/mol. The van der Waals surface area contributed by atoms with Crippen LogP contribution in [0.2, 0.25) is 0 Å². The largest absolute Gasteiger partial charge is 0.357 e. The molecule has 0 saturated heterocycles. The molecule has 0 aromatic heterocycles. The second kappa shape index (κ2) is 3.72. The van der Waals surface area contributed by atoms with Crippen LogP contribution in [0.15, 0.2) is 59.9 Å². The topological polar surface area (TPSA) is 41.1 Å². The lowest BCUT2D eigenvalue weighted by molar-refractivity contribution is 0.104. The highest BCUT2D eigenvalue weighted by Crippen LogP contribution is 2.34. The maximum Gasteiger partial charge on any atom is 0.213 e. The molecule has 2 aromatic rings. The third kappa shape index (κ3) is 1.48. The number of ketones is 1. The van der Waals surface area contributed by atoms with E-state index in [4.69, 9.17) is 0 Å². The number of carbonyl (C=O) groups is 1. The summed E-state index contributed by atoms with van der Waals surface area (Å²) in [5, 5.41) is 6.57. The summed E-state index contributed by atoms with van der Waals surface area (Å²) >= 11 is 0. The van der Waals surface area contributed by atoms with Crippen molar-refractivity contribution in [3.63, 3.8) is 0 Å². The summed E-state index contributed by atoms with van der Waals surface area (Å²) in [6.07, 6.45) is 0.776. The van der Waals surface area contributed by atoms with Gasteiger partial charge in [0.2, 0.25) is 5.78 Å². The SMILES string of the molecule is O=C1/C(=C2/Cc3ccccc3N2)Nc2ccccc21. The minimum Gasteiger partial charge on any atom is -0.357 e. The second-order valence-corrected chi connectivity index (χ2v) is 4.81. The Morgan fingerprint density at radius 1 is 0.842 bits per heavy atom. The number of nitrogens with one attached hydrogen (secondary N) is 2. The molecule has 0 fully saturated rings. The van der Waals surface area contributed by atoms with Gasteiger partial charge in [-0.3, -0.25) is 4.79 Å². The molecule has 4 rings (SSSR count). The van der Waals surface area contributed by atoms with E-state index in [1.165, 1.54) is 5.56 Å². The zero-order valence-corrected chi connectivity index (χ0v) is 10.2. The molecule has 0 radical (unpaired) electrons. The van der Waals surface area contributed by atoms with Crippen LogP contribution in [-0.2, 0) is 6.42 Å². The van der Waals surface area contributed by atoms with Gasteiger partial charge in [0, 0.05) is 29.1 Å². The first-order valence-electron chi connectivity index (χ1n) is 6.32. The van der Waals surface area contributed by atoms with E-state index in [1.807, 2.05) is 42.5 Å². The van der Waals surface area contributed by atoms with Crippen molar-refractivity contribution in [2.75, 3.05) is 10.6 Å². The molecular formula is C16H12N2O. The summed E-state index contributed by atoms with van der Waals surface area (Å²) in [4.78, 5) is 12.4. The van der Waals surface area contributed by atoms with Gasteiger partial charge in [-0.05, 0) is 23.8 Å². The summed E-state index contributed by atoms with van der Waals surface area (Å²) in [7, 11) is 0. The molecule has 0 bridgehead atoms. The van der Waals surface area contributed by atoms with Crippen molar-refractivity contribution in [3.05, 3.63) is 71.1 Å². The van der Waals surface area contributed by atoms with Crippen LogP contribution >= 0.6 is 0 Å². The fraction of sp³-hybridized carbons (Fsp3) is 0.0625. The van der Waals surface area contributed by atoms with Gasteiger partial charge in [0.1, 0.15) is 5.70 Å². The Hall–Kier alpha value is -2.55. The zero-order chi connectivity index (χ0) is 12.8. The van der Waals surface area contributed by atoms with E-state index in [0.717, 1.165) is 29.1 Å². The van der Waals surface area contributed by atoms with Crippen molar-refractivity contribution < 1.29 is 4.79 Å². The van der Waals surface area contributed by atoms with E-state index < -0.39 is 0 Å². The van der Waals surface area contributed by atoms with Crippen LogP contribution < -0.4 is 10.6 Å². The van der Waals surface area contributed by atoms with Crippen molar-refractivity contribution in [3.8, 4) is 0 Å². The molecule has 2 heterocycles. The number of para-hydroxylation sites is 2. The zero-order valence-electron chi connectivity index (χ0n) is 10.2. The summed E-state index contributed by atoms with van der Waals surface area (Å²) in [5.41, 5.74) is 5.61. The van der Waals surface area contributed by atoms with Crippen LogP contribution in [0.3, 0.4) is 0 Å². The molecule has 3 nitrogen and oxygen atoms in total. The molecule has 2 aliphatic heterocycles. The third-order valence-electron chi connectivity index (χ3n) is 3.63. The molecule has 92 valence electrons. The smallest absolute Gasteiger partial charge is 0.213 e. The highest BCUT2D eigenvalue weighted by atomic mass is 16.1. The fourth-order valence-electron chi connectivity index (χ4n) is 2.67. The van der Waals surface area contributed by atoms with E-state index in [9.17, 15) is 4.79 Å². The predicted molar refractivity (Wildman–Crippen MR) is 75.2 cm³/mol. The Bertz CT molecular complexity index is 704. The first-order valence-corrected chi connectivity index (χ1v) is 6.32. The fourth-order valence-corrected chi connectivity index (χ4v) is 2.67. The Kier molecular flexibility index (Phi) is 2.03. The average molecular weight is 248 g/mol. The van der Waals surface area contributed by atoms with Crippen molar-refractivity contribution in [1.82, 2.24) is 0 Å². The maximum atomic E-state index is 12.4. The molecule has 0 saturated carbocycles. The van der Waals surface area contributed by atoms with Crippen LogP contribution in [0.25, 0.3) is 0 Å². The van der Waals surface area contributed by atoms with E-state index >= 15 is 0 Å². The number of benzene rings is 2. The molecule has 0 aliphatic carbocycles. The first-order chi connectivity index (χ1) is 9.33. The van der Waals surface area contributed by atoms with Gasteiger partial charge in [0.15, 0.2) is 0 Å². The van der Waals surface area contributed by atoms with Gasteiger partial charge in [-0.25, -0.2) is 0 Å². The minimum atomic E-state index is 0.0749. The molecule has 0 amide bonds. The number of fused-ring (bicyclic) bond motifs is 2. The lowest BCUT2D eigenvalue weighted by Gasteiger charge is -2.04. The monoisotopic (exact) mass is 248 g/mol. The molecule has 2 aliphatic rings. The standard InChI is InChI=1S/C16H12N2O/c19-16-11-6-2-4-8-13(11)18-15(16)14-9-10-5-1-3-7-12(10)17-14/h1-8,17-18H,9H2/b15-14+. The Labute approximate surface area is 111 Å². The minimum absolute atomic E-state index is 0.0749. The van der Waals surface area contributed by atoms with Crippen LogP contribution in [0.4, 0.5) is 11.4 Å².